The molecule has 0 spiro atoms. The van der Waals surface area contributed by atoms with Crippen LogP contribution in [0.4, 0.5) is 17.1 Å². The first-order chi connectivity index (χ1) is 30.2. The summed E-state index contributed by atoms with van der Waals surface area (Å²) in [4.78, 5) is 2.32. The number of anilines is 3. The van der Waals surface area contributed by atoms with Crippen molar-refractivity contribution in [2.45, 2.75) is 0 Å². The maximum atomic E-state index is 6.55. The molecule has 3 heteroatoms. The van der Waals surface area contributed by atoms with Crippen molar-refractivity contribution in [2.75, 3.05) is 4.90 Å². The summed E-state index contributed by atoms with van der Waals surface area (Å²) in [7, 11) is 0. The second-order valence-corrected chi connectivity index (χ2v) is 15.7. The number of aromatic nitrogens is 1. The van der Waals surface area contributed by atoms with Gasteiger partial charge in [0.15, 0.2) is 0 Å². The molecule has 286 valence electrons. The molecule has 12 rings (SSSR count). The molecule has 3 nitrogen and oxygen atoms in total. The molecule has 0 saturated heterocycles. The normalized spacial score (nSPS) is 11.6. The third-order valence-corrected chi connectivity index (χ3v) is 12.2. The molecule has 0 radical (unpaired) electrons. The fourth-order valence-corrected chi connectivity index (χ4v) is 9.20. The summed E-state index contributed by atoms with van der Waals surface area (Å²) in [6.45, 7) is 0. The van der Waals surface area contributed by atoms with E-state index in [0.717, 1.165) is 50.3 Å². The first kappa shape index (κ1) is 34.9. The van der Waals surface area contributed by atoms with Crippen molar-refractivity contribution < 1.29 is 4.42 Å². The summed E-state index contributed by atoms with van der Waals surface area (Å²) in [6, 6.07) is 82.8. The lowest BCUT2D eigenvalue weighted by atomic mass is 10.0. The summed E-state index contributed by atoms with van der Waals surface area (Å²) in [5.41, 5.74) is 15.5. The third-order valence-electron chi connectivity index (χ3n) is 12.2. The molecule has 0 aliphatic rings. The van der Waals surface area contributed by atoms with Crippen molar-refractivity contribution in [2.24, 2.45) is 0 Å². The van der Waals surface area contributed by atoms with Crippen molar-refractivity contribution in [3.05, 3.63) is 231 Å². The lowest BCUT2D eigenvalue weighted by Crippen LogP contribution is -2.09. The largest absolute Gasteiger partial charge is 0.456 e. The molecule has 61 heavy (non-hydrogen) atoms. The maximum Gasteiger partial charge on any atom is 0.137 e. The molecule has 0 aliphatic heterocycles. The van der Waals surface area contributed by atoms with Crippen LogP contribution in [0.25, 0.3) is 93.6 Å². The molecule has 0 amide bonds. The van der Waals surface area contributed by atoms with Crippen LogP contribution in [-0.4, -0.2) is 4.57 Å². The summed E-state index contributed by atoms with van der Waals surface area (Å²) in [5, 5.41) is 7.20. The maximum absolute atomic E-state index is 6.55. The molecule has 0 saturated carbocycles. The molecule has 0 fully saturated rings. The number of fused-ring (bicyclic) bond motifs is 8. The minimum Gasteiger partial charge on any atom is -0.456 e. The van der Waals surface area contributed by atoms with Gasteiger partial charge in [0.25, 0.3) is 0 Å². The van der Waals surface area contributed by atoms with Crippen LogP contribution in [0.5, 0.6) is 0 Å². The monoisotopic (exact) mass is 778 g/mol. The molecule has 0 aliphatic carbocycles. The Kier molecular flexibility index (Phi) is 8.17. The van der Waals surface area contributed by atoms with Crippen LogP contribution in [0, 0.1) is 0 Å². The van der Waals surface area contributed by atoms with Crippen LogP contribution in [0.3, 0.4) is 0 Å². The number of para-hydroxylation sites is 1. The lowest BCUT2D eigenvalue weighted by molar-refractivity contribution is 0.669. The Hall–Kier alpha value is -8.14. The smallest absolute Gasteiger partial charge is 0.137 e. The van der Waals surface area contributed by atoms with E-state index in [-0.39, 0.29) is 0 Å². The van der Waals surface area contributed by atoms with Crippen molar-refractivity contribution in [3.8, 4) is 39.1 Å². The summed E-state index contributed by atoms with van der Waals surface area (Å²) in [6.07, 6.45) is 0. The zero-order chi connectivity index (χ0) is 40.3. The van der Waals surface area contributed by atoms with E-state index >= 15 is 0 Å². The second-order valence-electron chi connectivity index (χ2n) is 15.7. The van der Waals surface area contributed by atoms with Gasteiger partial charge in [0, 0.05) is 55.7 Å². The molecule has 0 unspecified atom stereocenters. The van der Waals surface area contributed by atoms with E-state index in [0.29, 0.717) is 0 Å². The van der Waals surface area contributed by atoms with Gasteiger partial charge < -0.3 is 13.9 Å². The molecule has 10 aromatic carbocycles. The van der Waals surface area contributed by atoms with E-state index < -0.39 is 0 Å². The highest BCUT2D eigenvalue weighted by atomic mass is 16.3. The Bertz CT molecular complexity index is 3550. The number of furan rings is 1. The molecule has 0 N–H and O–H groups in total. The Labute approximate surface area is 353 Å². The van der Waals surface area contributed by atoms with Gasteiger partial charge in [-0.2, -0.15) is 0 Å². The molecule has 0 bridgehead atoms. The van der Waals surface area contributed by atoms with Gasteiger partial charge in [0.1, 0.15) is 11.2 Å². The highest BCUT2D eigenvalue weighted by molar-refractivity contribution is 6.19. The van der Waals surface area contributed by atoms with E-state index in [1.807, 2.05) is 0 Å². The van der Waals surface area contributed by atoms with Gasteiger partial charge in [-0.3, -0.25) is 0 Å². The van der Waals surface area contributed by atoms with Gasteiger partial charge in [0.2, 0.25) is 0 Å². The van der Waals surface area contributed by atoms with Crippen molar-refractivity contribution >= 4 is 71.6 Å². The van der Waals surface area contributed by atoms with Crippen LogP contribution >= 0.6 is 0 Å². The molecular formula is C58H38N2O. The summed E-state index contributed by atoms with van der Waals surface area (Å²) in [5.74, 6) is 0. The standard InChI is InChI=1S/C58H38N2O/c1-4-12-39(13-5-1)41-20-27-47(28-21-41)59(49-31-34-52-54-36-44(40-14-6-2-7-15-40)26-35-56(54)61-57(52)38-49)48-29-22-42(23-30-48)45-25-32-51-53-33-24-43-16-10-11-19-50(43)58(53)60(55(51)37-45)46-17-8-3-9-18-46/h1-38H. The van der Waals surface area contributed by atoms with Crippen LogP contribution in [0.2, 0.25) is 0 Å². The fourth-order valence-electron chi connectivity index (χ4n) is 9.20. The Morgan fingerprint density at radius 2 is 0.836 bits per heavy atom. The van der Waals surface area contributed by atoms with Gasteiger partial charge in [-0.1, -0.05) is 158 Å². The van der Waals surface area contributed by atoms with E-state index in [2.05, 4.69) is 240 Å². The molecule has 0 atom stereocenters. The minimum absolute atomic E-state index is 0.857. The average molecular weight is 779 g/mol. The zero-order valence-electron chi connectivity index (χ0n) is 33.2. The summed E-state index contributed by atoms with van der Waals surface area (Å²) < 4.78 is 8.99. The van der Waals surface area contributed by atoms with Crippen molar-refractivity contribution in [3.63, 3.8) is 0 Å². The van der Waals surface area contributed by atoms with Crippen LogP contribution in [0.1, 0.15) is 0 Å². The van der Waals surface area contributed by atoms with Crippen LogP contribution in [-0.2, 0) is 0 Å². The molecule has 2 heterocycles. The number of rotatable bonds is 7. The Morgan fingerprint density at radius 1 is 0.311 bits per heavy atom. The number of hydrogen-bond acceptors (Lipinski definition) is 2. The van der Waals surface area contributed by atoms with E-state index in [9.17, 15) is 0 Å². The van der Waals surface area contributed by atoms with E-state index in [1.54, 1.807) is 0 Å². The van der Waals surface area contributed by atoms with Gasteiger partial charge in [0.05, 0.1) is 11.0 Å². The summed E-state index contributed by atoms with van der Waals surface area (Å²) >= 11 is 0. The van der Waals surface area contributed by atoms with E-state index in [4.69, 9.17) is 4.42 Å². The second kappa shape index (κ2) is 14.3. The highest BCUT2D eigenvalue weighted by Gasteiger charge is 2.19. The lowest BCUT2D eigenvalue weighted by Gasteiger charge is -2.26. The zero-order valence-corrected chi connectivity index (χ0v) is 33.2. The van der Waals surface area contributed by atoms with E-state index in [1.165, 1.54) is 60.4 Å². The quantitative estimate of drug-likeness (QED) is 0.161. The number of benzene rings is 10. The van der Waals surface area contributed by atoms with Gasteiger partial charge in [-0.15, -0.1) is 0 Å². The predicted molar refractivity (Wildman–Crippen MR) is 257 cm³/mol. The Balaban J connectivity index is 0.970. The predicted octanol–water partition coefficient (Wildman–Crippen LogP) is 16.3. The van der Waals surface area contributed by atoms with Crippen LogP contribution < -0.4 is 4.90 Å². The first-order valence-corrected chi connectivity index (χ1v) is 20.8. The SMILES string of the molecule is c1ccc(-c2ccc(N(c3ccc(-c4ccc5c6ccc7ccccc7c6n(-c6ccccc6)c5c4)cc3)c3ccc4c(c3)oc3ccc(-c5ccccc5)cc34)cc2)cc1. The van der Waals surface area contributed by atoms with Gasteiger partial charge in [-0.25, -0.2) is 0 Å². The topological polar surface area (TPSA) is 21.3 Å². The van der Waals surface area contributed by atoms with Gasteiger partial charge in [-0.05, 0) is 105 Å². The van der Waals surface area contributed by atoms with Crippen molar-refractivity contribution in [1.29, 1.82) is 0 Å². The Morgan fingerprint density at radius 3 is 1.56 bits per heavy atom. The third kappa shape index (κ3) is 5.98. The first-order valence-electron chi connectivity index (χ1n) is 20.8. The number of hydrogen-bond donors (Lipinski definition) is 0. The number of nitrogens with zero attached hydrogens (tertiary/aromatic N) is 2. The molecular weight excluding hydrogens is 741 g/mol. The average Bonchev–Trinajstić information content (AvgIpc) is 3.88. The van der Waals surface area contributed by atoms with Crippen molar-refractivity contribution in [1.82, 2.24) is 4.57 Å². The fraction of sp³-hybridized carbons (Fsp3) is 0. The minimum atomic E-state index is 0.857. The van der Waals surface area contributed by atoms with Gasteiger partial charge >= 0.3 is 0 Å². The van der Waals surface area contributed by atoms with Crippen LogP contribution in [0.15, 0.2) is 235 Å². The highest BCUT2D eigenvalue weighted by Crippen LogP contribution is 2.42. The molecule has 12 aromatic rings. The molecule has 2 aromatic heterocycles.